The molecule has 84 heavy (non-hydrogen) atoms. The molecule has 4 aliphatic rings. The van der Waals surface area contributed by atoms with Gasteiger partial charge in [0.15, 0.2) is 0 Å². The Labute approximate surface area is 490 Å². The fraction of sp³-hybridized carbons (Fsp3) is 0.290. The van der Waals surface area contributed by atoms with Crippen LogP contribution in [0.1, 0.15) is 163 Å². The molecule has 3 fully saturated rings. The number of rotatable bonds is 9. The minimum atomic E-state index is 0.233. The van der Waals surface area contributed by atoms with E-state index >= 15 is 0 Å². The molecule has 422 valence electrons. The van der Waals surface area contributed by atoms with Crippen molar-refractivity contribution >= 4 is 17.0 Å². The van der Waals surface area contributed by atoms with Gasteiger partial charge < -0.3 is 20.5 Å². The van der Waals surface area contributed by atoms with Crippen LogP contribution in [0.15, 0.2) is 190 Å². The SMILES string of the molecule is Cc1cccnc1C1CCCC(c2cn3c(-c4ccccn4)cccc3n2)N1.Cc1cccnc1C1CCCC(c2cn3c(-c4cccnc4)cccc3n2)N1.Cc1cccnc1C1CCCC(c2cn3c(n2)CCC=C3c2ccncc2)N1. The van der Waals surface area contributed by atoms with Crippen LogP contribution >= 0.6 is 0 Å². The molecule has 0 aliphatic carbocycles. The third-order valence-electron chi connectivity index (χ3n) is 17.0. The molecule has 0 radical (unpaired) electrons. The average molecular weight is 1110 g/mol. The predicted octanol–water partition coefficient (Wildman–Crippen LogP) is 13.7. The van der Waals surface area contributed by atoms with E-state index in [1.54, 1.807) is 6.20 Å². The molecule has 0 bridgehead atoms. The van der Waals surface area contributed by atoms with Gasteiger partial charge in [-0.25, -0.2) is 15.0 Å². The maximum atomic E-state index is 5.02. The lowest BCUT2D eigenvalue weighted by atomic mass is 9.93. The first-order valence-corrected chi connectivity index (χ1v) is 29.9. The van der Waals surface area contributed by atoms with Crippen molar-refractivity contribution in [3.63, 3.8) is 0 Å². The molecule has 0 spiro atoms. The summed E-state index contributed by atoms with van der Waals surface area (Å²) in [5.74, 6) is 1.15. The Morgan fingerprint density at radius 1 is 0.417 bits per heavy atom. The highest BCUT2D eigenvalue weighted by molar-refractivity contribution is 5.67. The Balaban J connectivity index is 0.000000118. The van der Waals surface area contributed by atoms with Crippen molar-refractivity contribution < 1.29 is 0 Å². The molecule has 11 aromatic heterocycles. The third-order valence-corrected chi connectivity index (χ3v) is 17.0. The molecular weight excluding hydrogens is 1040 g/mol. The summed E-state index contributed by atoms with van der Waals surface area (Å²) in [5.41, 5.74) is 19.1. The number of nitrogens with zero attached hydrogens (tertiary/aromatic N) is 12. The molecule has 15 heteroatoms. The molecule has 15 nitrogen and oxygen atoms in total. The highest BCUT2D eigenvalue weighted by Gasteiger charge is 2.31. The smallest absolute Gasteiger partial charge is 0.137 e. The second-order valence-electron chi connectivity index (χ2n) is 22.6. The van der Waals surface area contributed by atoms with E-state index in [9.17, 15) is 0 Å². The van der Waals surface area contributed by atoms with Gasteiger partial charge in [-0.15, -0.1) is 0 Å². The number of aryl methyl sites for hydroxylation is 4. The summed E-state index contributed by atoms with van der Waals surface area (Å²) in [6.45, 7) is 6.42. The number of hydrogen-bond acceptors (Lipinski definition) is 12. The summed E-state index contributed by atoms with van der Waals surface area (Å²) in [5, 5.41) is 11.4. The van der Waals surface area contributed by atoms with Crippen molar-refractivity contribution in [2.45, 2.75) is 128 Å². The number of fused-ring (bicyclic) bond motifs is 3. The summed E-state index contributed by atoms with van der Waals surface area (Å²) in [6.07, 6.45) is 36.0. The molecular formula is C69H71N15. The van der Waals surface area contributed by atoms with Gasteiger partial charge >= 0.3 is 0 Å². The summed E-state index contributed by atoms with van der Waals surface area (Å²) < 4.78 is 6.59. The van der Waals surface area contributed by atoms with E-state index in [0.29, 0.717) is 6.04 Å². The third kappa shape index (κ3) is 11.7. The van der Waals surface area contributed by atoms with Gasteiger partial charge in [-0.05, 0) is 181 Å². The van der Waals surface area contributed by atoms with Gasteiger partial charge in [0, 0.05) is 85.7 Å². The number of piperidine rings is 3. The average Bonchev–Trinajstić information content (AvgIpc) is 4.23. The molecule has 6 unspecified atom stereocenters. The maximum absolute atomic E-state index is 5.02. The topological polar surface area (TPSA) is 166 Å². The van der Waals surface area contributed by atoms with Crippen LogP contribution in [0.4, 0.5) is 0 Å². The quantitative estimate of drug-likeness (QED) is 0.125. The predicted molar refractivity (Wildman–Crippen MR) is 329 cm³/mol. The lowest BCUT2D eigenvalue weighted by molar-refractivity contribution is 0.320. The number of nitrogens with one attached hydrogen (secondary N) is 3. The van der Waals surface area contributed by atoms with Crippen LogP contribution in [0, 0.1) is 20.8 Å². The minimum absolute atomic E-state index is 0.233. The first kappa shape index (κ1) is 54.4. The number of hydrogen-bond donors (Lipinski definition) is 3. The monoisotopic (exact) mass is 1110 g/mol. The van der Waals surface area contributed by atoms with Gasteiger partial charge in [0.25, 0.3) is 0 Å². The van der Waals surface area contributed by atoms with Crippen molar-refractivity contribution in [3.05, 3.63) is 252 Å². The van der Waals surface area contributed by atoms with Crippen molar-refractivity contribution in [2.75, 3.05) is 0 Å². The van der Waals surface area contributed by atoms with Gasteiger partial charge in [0.2, 0.25) is 0 Å². The van der Waals surface area contributed by atoms with Crippen molar-refractivity contribution in [2.24, 2.45) is 0 Å². The summed E-state index contributed by atoms with van der Waals surface area (Å²) in [6, 6.07) is 40.6. The van der Waals surface area contributed by atoms with Crippen molar-refractivity contribution in [1.29, 1.82) is 0 Å². The van der Waals surface area contributed by atoms with E-state index in [4.69, 9.17) is 15.0 Å². The zero-order valence-corrected chi connectivity index (χ0v) is 48.0. The van der Waals surface area contributed by atoms with E-state index in [2.05, 4.69) is 171 Å². The van der Waals surface area contributed by atoms with Crippen LogP contribution < -0.4 is 16.0 Å². The Bertz CT molecular complexity index is 3860. The van der Waals surface area contributed by atoms with E-state index < -0.39 is 0 Å². The van der Waals surface area contributed by atoms with Crippen LogP contribution in [0.2, 0.25) is 0 Å². The molecule has 3 saturated heterocycles. The fourth-order valence-corrected chi connectivity index (χ4v) is 12.8. The zero-order chi connectivity index (χ0) is 56.8. The van der Waals surface area contributed by atoms with E-state index in [0.717, 1.165) is 120 Å². The highest BCUT2D eigenvalue weighted by atomic mass is 15.1. The molecule has 6 atom stereocenters. The van der Waals surface area contributed by atoms with Gasteiger partial charge in [-0.2, -0.15) is 0 Å². The Kier molecular flexibility index (Phi) is 16.1. The molecule has 3 N–H and O–H groups in total. The lowest BCUT2D eigenvalue weighted by Gasteiger charge is -2.30. The second-order valence-corrected chi connectivity index (χ2v) is 22.6. The first-order valence-electron chi connectivity index (χ1n) is 29.9. The van der Waals surface area contributed by atoms with Gasteiger partial charge in [0.05, 0.1) is 93.2 Å². The maximum Gasteiger partial charge on any atom is 0.137 e. The fourth-order valence-electron chi connectivity index (χ4n) is 12.8. The summed E-state index contributed by atoms with van der Waals surface area (Å²) in [7, 11) is 0. The zero-order valence-electron chi connectivity index (χ0n) is 48.0. The number of imidazole rings is 3. The van der Waals surface area contributed by atoms with Gasteiger partial charge in [-0.3, -0.25) is 38.7 Å². The van der Waals surface area contributed by atoms with Crippen LogP contribution in [-0.4, -0.2) is 58.2 Å². The number of pyridine rings is 8. The summed E-state index contributed by atoms with van der Waals surface area (Å²) >= 11 is 0. The molecule has 15 heterocycles. The molecule has 0 amide bonds. The number of allylic oxidation sites excluding steroid dienone is 1. The van der Waals surface area contributed by atoms with Crippen LogP contribution in [0.5, 0.6) is 0 Å². The van der Waals surface area contributed by atoms with Crippen molar-refractivity contribution in [3.8, 4) is 22.6 Å². The Morgan fingerprint density at radius 2 is 0.929 bits per heavy atom. The van der Waals surface area contributed by atoms with Crippen LogP contribution in [-0.2, 0) is 6.42 Å². The Hall–Kier alpha value is -8.89. The van der Waals surface area contributed by atoms with Crippen LogP contribution in [0.25, 0.3) is 39.6 Å². The molecule has 0 saturated carbocycles. The minimum Gasteiger partial charge on any atom is -0.303 e. The second kappa shape index (κ2) is 24.9. The molecule has 0 aromatic carbocycles. The van der Waals surface area contributed by atoms with E-state index in [1.165, 1.54) is 52.9 Å². The van der Waals surface area contributed by atoms with E-state index in [-0.39, 0.29) is 30.2 Å². The molecule has 4 aliphatic heterocycles. The van der Waals surface area contributed by atoms with Gasteiger partial charge in [-0.1, -0.05) is 42.5 Å². The summed E-state index contributed by atoms with van der Waals surface area (Å²) in [4.78, 5) is 41.7. The largest absolute Gasteiger partial charge is 0.303 e. The highest BCUT2D eigenvalue weighted by Crippen LogP contribution is 2.37. The number of aromatic nitrogens is 12. The standard InChI is InChI=1S/C23H23N5.C23H25N5.C23H23N5/c1-16-6-4-13-25-23(16)19-9-2-8-18(26-19)20-15-28-21(10-3-11-22(28)27-20)17-7-5-12-24-14-17;1-16-5-4-12-25-23(16)19-7-2-6-18(26-19)20-15-28-21(8-3-9-22(28)27-20)17-10-13-24-14-11-17;1-16-7-6-14-25-23(16)19-10-4-9-17(26-19)20-15-28-21(11-5-12-22(28)27-20)18-8-2-3-13-24-18/h3-7,10-15,18-19,26H,2,8-9H2,1H3;4-5,8,10-15,18-19,26H,2-3,6-7,9H2,1H3;2-3,5-8,11-15,17,19,26H,4,9-10H2,1H3. The molecule has 11 aromatic rings. The first-order chi connectivity index (χ1) is 41.4. The lowest BCUT2D eigenvalue weighted by Crippen LogP contribution is -2.32. The van der Waals surface area contributed by atoms with Crippen LogP contribution in [0.3, 0.4) is 0 Å². The van der Waals surface area contributed by atoms with Crippen molar-refractivity contribution in [1.82, 2.24) is 74.2 Å². The van der Waals surface area contributed by atoms with E-state index in [1.807, 2.05) is 91.9 Å². The van der Waals surface area contributed by atoms with Gasteiger partial charge in [0.1, 0.15) is 17.1 Å². The molecule has 15 rings (SSSR count). The Morgan fingerprint density at radius 3 is 1.45 bits per heavy atom. The normalized spacial score (nSPS) is 20.4.